The summed E-state index contributed by atoms with van der Waals surface area (Å²) in [6.45, 7) is 2.27. The van der Waals surface area contributed by atoms with Crippen molar-refractivity contribution in [3.63, 3.8) is 0 Å². The molecule has 2 rings (SSSR count). The van der Waals surface area contributed by atoms with Crippen molar-refractivity contribution >= 4 is 11.7 Å². The number of carbonyl (C=O) groups is 1. The number of aryl methyl sites for hydroxylation is 1. The maximum atomic E-state index is 12.7. The topological polar surface area (TPSA) is 67.2 Å². The van der Waals surface area contributed by atoms with Gasteiger partial charge in [-0.25, -0.2) is 9.18 Å². The van der Waals surface area contributed by atoms with Crippen molar-refractivity contribution in [2.45, 2.75) is 13.3 Å². The molecule has 1 aromatic heterocycles. The molecule has 6 heteroatoms. The molecule has 0 aliphatic rings. The maximum absolute atomic E-state index is 12.7. The largest absolute Gasteiger partial charge is 0.361 e. The Hall–Kier alpha value is -2.37. The van der Waals surface area contributed by atoms with Crippen LogP contribution in [0.1, 0.15) is 11.5 Å². The Bertz CT molecular complexity index is 551. The third-order valence-electron chi connectivity index (χ3n) is 2.44. The number of carbonyl (C=O) groups excluding carboxylic acids is 1. The first kappa shape index (κ1) is 13.1. The first-order chi connectivity index (χ1) is 9.13. The molecule has 2 aromatic rings. The van der Waals surface area contributed by atoms with Gasteiger partial charge in [0.25, 0.3) is 0 Å². The van der Waals surface area contributed by atoms with Crippen LogP contribution in [0.5, 0.6) is 0 Å². The number of hydrogen-bond donors (Lipinski definition) is 2. The van der Waals surface area contributed by atoms with Gasteiger partial charge < -0.3 is 15.2 Å². The first-order valence-electron chi connectivity index (χ1n) is 5.86. The average Bonchev–Trinajstić information content (AvgIpc) is 2.78. The van der Waals surface area contributed by atoms with Crippen molar-refractivity contribution < 1.29 is 13.7 Å². The van der Waals surface area contributed by atoms with E-state index in [0.29, 0.717) is 18.7 Å². The van der Waals surface area contributed by atoms with E-state index in [1.807, 2.05) is 13.0 Å². The van der Waals surface area contributed by atoms with Crippen LogP contribution in [0.3, 0.4) is 0 Å². The van der Waals surface area contributed by atoms with Gasteiger partial charge in [-0.15, -0.1) is 0 Å². The predicted octanol–water partition coefficient (Wildman–Crippen LogP) is 2.49. The lowest BCUT2D eigenvalue weighted by molar-refractivity contribution is 0.252. The molecular formula is C13H14FN3O2. The Kier molecular flexibility index (Phi) is 4.12. The van der Waals surface area contributed by atoms with E-state index in [-0.39, 0.29) is 11.8 Å². The van der Waals surface area contributed by atoms with Crippen LogP contribution in [0.25, 0.3) is 0 Å². The molecular weight excluding hydrogens is 249 g/mol. The Morgan fingerprint density at radius 2 is 2.11 bits per heavy atom. The summed E-state index contributed by atoms with van der Waals surface area (Å²) in [5, 5.41) is 9.02. The summed E-state index contributed by atoms with van der Waals surface area (Å²) in [6, 6.07) is 7.03. The highest BCUT2D eigenvalue weighted by atomic mass is 19.1. The lowest BCUT2D eigenvalue weighted by atomic mass is 10.3. The Labute approximate surface area is 109 Å². The van der Waals surface area contributed by atoms with Crippen molar-refractivity contribution in [1.29, 1.82) is 0 Å². The smallest absolute Gasteiger partial charge is 0.319 e. The van der Waals surface area contributed by atoms with Crippen LogP contribution in [-0.4, -0.2) is 17.7 Å². The summed E-state index contributed by atoms with van der Waals surface area (Å²) in [5.74, 6) is 0.381. The summed E-state index contributed by atoms with van der Waals surface area (Å²) in [4.78, 5) is 11.5. The highest BCUT2D eigenvalue weighted by molar-refractivity contribution is 5.89. The zero-order chi connectivity index (χ0) is 13.7. The van der Waals surface area contributed by atoms with E-state index >= 15 is 0 Å². The molecule has 5 nitrogen and oxygen atoms in total. The lowest BCUT2D eigenvalue weighted by Crippen LogP contribution is -2.30. The second kappa shape index (κ2) is 5.99. The predicted molar refractivity (Wildman–Crippen MR) is 68.4 cm³/mol. The molecule has 0 spiro atoms. The van der Waals surface area contributed by atoms with Crippen LogP contribution in [-0.2, 0) is 6.42 Å². The van der Waals surface area contributed by atoms with Crippen molar-refractivity contribution in [2.24, 2.45) is 0 Å². The third kappa shape index (κ3) is 4.09. The second-order valence-corrected chi connectivity index (χ2v) is 4.07. The van der Waals surface area contributed by atoms with Crippen LogP contribution in [0.2, 0.25) is 0 Å². The van der Waals surface area contributed by atoms with E-state index in [9.17, 15) is 9.18 Å². The fourth-order valence-corrected chi connectivity index (χ4v) is 1.54. The maximum Gasteiger partial charge on any atom is 0.319 e. The molecule has 0 saturated heterocycles. The van der Waals surface area contributed by atoms with Crippen LogP contribution < -0.4 is 10.6 Å². The van der Waals surface area contributed by atoms with Gasteiger partial charge in [-0.05, 0) is 31.2 Å². The molecule has 0 bridgehead atoms. The molecule has 19 heavy (non-hydrogen) atoms. The SMILES string of the molecule is Cc1cc(CCNC(=O)Nc2ccc(F)cc2)on1. The number of hydrogen-bond acceptors (Lipinski definition) is 3. The zero-order valence-corrected chi connectivity index (χ0v) is 10.4. The molecule has 0 saturated carbocycles. The zero-order valence-electron chi connectivity index (χ0n) is 10.4. The van der Waals surface area contributed by atoms with Gasteiger partial charge in [0.1, 0.15) is 11.6 Å². The average molecular weight is 263 g/mol. The Balaban J connectivity index is 1.74. The normalized spacial score (nSPS) is 10.2. The summed E-state index contributed by atoms with van der Waals surface area (Å²) < 4.78 is 17.7. The molecule has 0 radical (unpaired) electrons. The van der Waals surface area contributed by atoms with Gasteiger partial charge in [0.05, 0.1) is 5.69 Å². The van der Waals surface area contributed by atoms with Gasteiger partial charge in [0, 0.05) is 24.7 Å². The molecule has 1 aromatic carbocycles. The Morgan fingerprint density at radius 1 is 1.37 bits per heavy atom. The van der Waals surface area contributed by atoms with Crippen LogP contribution in [0.15, 0.2) is 34.9 Å². The van der Waals surface area contributed by atoms with Crippen LogP contribution in [0.4, 0.5) is 14.9 Å². The quantitative estimate of drug-likeness (QED) is 0.890. The molecule has 0 aliphatic heterocycles. The number of aromatic nitrogens is 1. The van der Waals surface area contributed by atoms with E-state index in [2.05, 4.69) is 15.8 Å². The number of nitrogens with one attached hydrogen (secondary N) is 2. The van der Waals surface area contributed by atoms with Crippen molar-refractivity contribution in [1.82, 2.24) is 10.5 Å². The van der Waals surface area contributed by atoms with Crippen LogP contribution >= 0.6 is 0 Å². The number of benzene rings is 1. The summed E-state index contributed by atoms with van der Waals surface area (Å²) in [5.41, 5.74) is 1.35. The molecule has 2 amide bonds. The van der Waals surface area contributed by atoms with E-state index in [1.165, 1.54) is 24.3 Å². The third-order valence-corrected chi connectivity index (χ3v) is 2.44. The minimum Gasteiger partial charge on any atom is -0.361 e. The number of anilines is 1. The lowest BCUT2D eigenvalue weighted by Gasteiger charge is -2.06. The molecule has 0 atom stereocenters. The summed E-state index contributed by atoms with van der Waals surface area (Å²) >= 11 is 0. The monoisotopic (exact) mass is 263 g/mol. The molecule has 0 unspecified atom stereocenters. The van der Waals surface area contributed by atoms with Gasteiger partial charge in [-0.3, -0.25) is 0 Å². The highest BCUT2D eigenvalue weighted by Crippen LogP contribution is 2.07. The molecule has 0 aliphatic carbocycles. The number of amides is 2. The molecule has 0 fully saturated rings. The standard InChI is InChI=1S/C13H14FN3O2/c1-9-8-12(19-17-9)6-7-15-13(18)16-11-4-2-10(14)3-5-11/h2-5,8H,6-7H2,1H3,(H2,15,16,18). The van der Waals surface area contributed by atoms with Crippen molar-refractivity contribution in [3.05, 3.63) is 47.6 Å². The number of nitrogens with zero attached hydrogens (tertiary/aromatic N) is 1. The van der Waals surface area contributed by atoms with Gasteiger partial charge in [0.2, 0.25) is 0 Å². The van der Waals surface area contributed by atoms with E-state index in [4.69, 9.17) is 4.52 Å². The summed E-state index contributed by atoms with van der Waals surface area (Å²) in [6.07, 6.45) is 0.567. The second-order valence-electron chi connectivity index (χ2n) is 4.07. The van der Waals surface area contributed by atoms with E-state index in [1.54, 1.807) is 0 Å². The molecule has 2 N–H and O–H groups in total. The molecule has 1 heterocycles. The highest BCUT2D eigenvalue weighted by Gasteiger charge is 2.03. The van der Waals surface area contributed by atoms with Gasteiger partial charge in [-0.2, -0.15) is 0 Å². The fraction of sp³-hybridized carbons (Fsp3) is 0.231. The van der Waals surface area contributed by atoms with E-state index in [0.717, 1.165) is 11.5 Å². The number of halogens is 1. The Morgan fingerprint density at radius 3 is 2.74 bits per heavy atom. The van der Waals surface area contributed by atoms with Crippen LogP contribution in [0, 0.1) is 12.7 Å². The van der Waals surface area contributed by atoms with Gasteiger partial charge in [-0.1, -0.05) is 5.16 Å². The van der Waals surface area contributed by atoms with Gasteiger partial charge >= 0.3 is 6.03 Å². The van der Waals surface area contributed by atoms with E-state index < -0.39 is 0 Å². The van der Waals surface area contributed by atoms with Crippen molar-refractivity contribution in [3.8, 4) is 0 Å². The van der Waals surface area contributed by atoms with Crippen molar-refractivity contribution in [2.75, 3.05) is 11.9 Å². The number of urea groups is 1. The molecule has 100 valence electrons. The van der Waals surface area contributed by atoms with Gasteiger partial charge in [0.15, 0.2) is 0 Å². The minimum atomic E-state index is -0.345. The fourth-order valence-electron chi connectivity index (χ4n) is 1.54. The number of rotatable bonds is 4. The first-order valence-corrected chi connectivity index (χ1v) is 5.86. The minimum absolute atomic E-state index is 0.341. The summed E-state index contributed by atoms with van der Waals surface area (Å²) in [7, 11) is 0.